The highest BCUT2D eigenvalue weighted by Gasteiger charge is 2.16. The van der Waals surface area contributed by atoms with Crippen LogP contribution in [0.4, 0.5) is 11.4 Å². The predicted octanol–water partition coefficient (Wildman–Crippen LogP) is 5.10. The number of hydrogen-bond acceptors (Lipinski definition) is 6. The van der Waals surface area contributed by atoms with Crippen LogP contribution in [0.5, 0.6) is 11.5 Å². The van der Waals surface area contributed by atoms with Gasteiger partial charge in [-0.3, -0.25) is 14.9 Å². The Morgan fingerprint density at radius 3 is 2.67 bits per heavy atom. The van der Waals surface area contributed by atoms with Crippen LogP contribution in [0.1, 0.15) is 10.5 Å². The molecule has 1 N–H and O–H groups in total. The van der Waals surface area contributed by atoms with Crippen LogP contribution in [0.3, 0.4) is 0 Å². The van der Waals surface area contributed by atoms with Gasteiger partial charge in [0, 0.05) is 35.6 Å². The maximum Gasteiger partial charge on any atom is 0.276 e. The second kappa shape index (κ2) is 8.09. The first-order valence-corrected chi connectivity index (χ1v) is 9.60. The number of non-ortho nitro benzene ring substituents is 1. The molecular formula is C19H11BrClN5O4. The van der Waals surface area contributed by atoms with Crippen molar-refractivity contribution >= 4 is 50.5 Å². The molecule has 11 heteroatoms. The van der Waals surface area contributed by atoms with Crippen LogP contribution < -0.4 is 10.1 Å². The van der Waals surface area contributed by atoms with Gasteiger partial charge >= 0.3 is 0 Å². The van der Waals surface area contributed by atoms with Crippen molar-refractivity contribution < 1.29 is 14.5 Å². The molecule has 1 amide bonds. The van der Waals surface area contributed by atoms with Crippen LogP contribution in [-0.4, -0.2) is 25.4 Å². The minimum Gasteiger partial charge on any atom is -0.457 e. The van der Waals surface area contributed by atoms with Crippen LogP contribution in [0, 0.1) is 10.1 Å². The van der Waals surface area contributed by atoms with E-state index in [1.807, 2.05) is 0 Å². The number of carbonyl (C=O) groups is 1. The van der Waals surface area contributed by atoms with Gasteiger partial charge in [-0.2, -0.15) is 5.10 Å². The predicted molar refractivity (Wildman–Crippen MR) is 113 cm³/mol. The van der Waals surface area contributed by atoms with Crippen LogP contribution in [0.2, 0.25) is 5.02 Å². The van der Waals surface area contributed by atoms with Crippen LogP contribution in [0.15, 0.2) is 65.4 Å². The lowest BCUT2D eigenvalue weighted by molar-refractivity contribution is -0.384. The molecule has 0 aliphatic rings. The van der Waals surface area contributed by atoms with Crippen molar-refractivity contribution in [3.63, 3.8) is 0 Å². The molecule has 0 saturated heterocycles. The number of aromatic nitrogens is 3. The summed E-state index contributed by atoms with van der Waals surface area (Å²) in [5.74, 6) is 0.0751. The first-order valence-electron chi connectivity index (χ1n) is 8.42. The summed E-state index contributed by atoms with van der Waals surface area (Å²) >= 11 is 9.14. The second-order valence-electron chi connectivity index (χ2n) is 6.09. The smallest absolute Gasteiger partial charge is 0.276 e. The van der Waals surface area contributed by atoms with Gasteiger partial charge in [-0.1, -0.05) is 11.6 Å². The summed E-state index contributed by atoms with van der Waals surface area (Å²) < 4.78 is 7.81. The number of carbonyl (C=O) groups excluding carboxylic acids is 1. The average molecular weight is 489 g/mol. The average Bonchev–Trinajstić information content (AvgIpc) is 3.13. The van der Waals surface area contributed by atoms with E-state index in [0.29, 0.717) is 20.9 Å². The topological polar surface area (TPSA) is 112 Å². The summed E-state index contributed by atoms with van der Waals surface area (Å²) in [6, 6.07) is 12.0. The lowest BCUT2D eigenvalue weighted by atomic mass is 10.2. The molecule has 9 nitrogen and oxygen atoms in total. The van der Waals surface area contributed by atoms with Crippen LogP contribution >= 0.6 is 27.5 Å². The van der Waals surface area contributed by atoms with Crippen molar-refractivity contribution in [3.05, 3.63) is 86.2 Å². The van der Waals surface area contributed by atoms with Gasteiger partial charge in [0.1, 0.15) is 11.5 Å². The number of nitrogens with one attached hydrogen (secondary N) is 1. The van der Waals surface area contributed by atoms with Gasteiger partial charge < -0.3 is 10.1 Å². The van der Waals surface area contributed by atoms with E-state index in [4.69, 9.17) is 16.3 Å². The number of anilines is 1. The minimum atomic E-state index is -0.573. The molecule has 4 rings (SSSR count). The van der Waals surface area contributed by atoms with Crippen molar-refractivity contribution in [1.29, 1.82) is 0 Å². The summed E-state index contributed by atoms with van der Waals surface area (Å²) in [6.45, 7) is 0. The van der Waals surface area contributed by atoms with Gasteiger partial charge in [0.25, 0.3) is 11.6 Å². The zero-order valence-corrected chi connectivity index (χ0v) is 17.3. The summed E-state index contributed by atoms with van der Waals surface area (Å²) in [6.07, 6.45) is 3.24. The summed E-state index contributed by atoms with van der Waals surface area (Å²) in [7, 11) is 0. The molecular weight excluding hydrogens is 478 g/mol. The molecule has 0 atom stereocenters. The SMILES string of the molecule is O=C(Nc1cc(Oc2ccc(Cl)cc2)cc([N+](=O)[O-])c1)c1cc2ncc(Br)cn2n1. The van der Waals surface area contributed by atoms with Gasteiger partial charge in [-0.15, -0.1) is 0 Å². The molecule has 0 radical (unpaired) electrons. The molecule has 0 fully saturated rings. The third-order valence-corrected chi connectivity index (χ3v) is 4.59. The van der Waals surface area contributed by atoms with Crippen molar-refractivity contribution in [2.45, 2.75) is 0 Å². The Hall–Kier alpha value is -3.50. The highest BCUT2D eigenvalue weighted by atomic mass is 79.9. The Bertz CT molecular complexity index is 1280. The van der Waals surface area contributed by atoms with Crippen molar-refractivity contribution in [2.75, 3.05) is 5.32 Å². The van der Waals surface area contributed by atoms with E-state index in [9.17, 15) is 14.9 Å². The zero-order valence-electron chi connectivity index (χ0n) is 15.0. The molecule has 0 aliphatic carbocycles. The monoisotopic (exact) mass is 487 g/mol. The quantitative estimate of drug-likeness (QED) is 0.309. The Labute approximate surface area is 182 Å². The van der Waals surface area contributed by atoms with E-state index in [-0.39, 0.29) is 22.8 Å². The number of fused-ring (bicyclic) bond motifs is 1. The van der Waals surface area contributed by atoms with Gasteiger partial charge in [0.15, 0.2) is 11.3 Å². The standard InChI is InChI=1S/C19H11BrClN5O4/c20-11-9-22-18-8-17(24-25(18)10-11)19(27)23-13-5-14(26(28)29)7-16(6-13)30-15-3-1-12(21)2-4-15/h1-10H,(H,23,27). The Morgan fingerprint density at radius 1 is 1.17 bits per heavy atom. The van der Waals surface area contributed by atoms with Crippen molar-refractivity contribution in [1.82, 2.24) is 14.6 Å². The molecule has 4 aromatic rings. The third kappa shape index (κ3) is 4.39. The highest BCUT2D eigenvalue weighted by molar-refractivity contribution is 9.10. The normalized spacial score (nSPS) is 10.7. The number of amides is 1. The molecule has 2 aromatic heterocycles. The molecule has 0 unspecified atom stereocenters. The van der Waals surface area contributed by atoms with Gasteiger partial charge in [0.05, 0.1) is 21.1 Å². The molecule has 2 heterocycles. The van der Waals surface area contributed by atoms with Gasteiger partial charge in [-0.25, -0.2) is 9.50 Å². The fourth-order valence-electron chi connectivity index (χ4n) is 2.62. The van der Waals surface area contributed by atoms with E-state index in [2.05, 4.69) is 31.3 Å². The van der Waals surface area contributed by atoms with E-state index in [0.717, 1.165) is 0 Å². The Morgan fingerprint density at radius 2 is 1.93 bits per heavy atom. The van der Waals surface area contributed by atoms with Gasteiger partial charge in [-0.05, 0) is 40.2 Å². The molecule has 150 valence electrons. The van der Waals surface area contributed by atoms with Crippen molar-refractivity contribution in [2.24, 2.45) is 0 Å². The number of halogens is 2. The van der Waals surface area contributed by atoms with Crippen LogP contribution in [0.25, 0.3) is 5.65 Å². The number of benzene rings is 2. The van der Waals surface area contributed by atoms with E-state index in [1.165, 1.54) is 28.8 Å². The van der Waals surface area contributed by atoms with Gasteiger partial charge in [0.2, 0.25) is 0 Å². The Balaban J connectivity index is 1.61. The fourth-order valence-corrected chi connectivity index (χ4v) is 3.04. The number of rotatable bonds is 5. The molecule has 2 aromatic carbocycles. The summed E-state index contributed by atoms with van der Waals surface area (Å²) in [5.41, 5.74) is 0.531. The number of nitro groups is 1. The number of nitro benzene ring substituents is 1. The maximum atomic E-state index is 12.6. The fraction of sp³-hybridized carbons (Fsp3) is 0. The second-order valence-corrected chi connectivity index (χ2v) is 7.44. The highest BCUT2D eigenvalue weighted by Crippen LogP contribution is 2.30. The van der Waals surface area contributed by atoms with Crippen molar-refractivity contribution in [3.8, 4) is 11.5 Å². The van der Waals surface area contributed by atoms with E-state index >= 15 is 0 Å². The molecule has 0 saturated carbocycles. The van der Waals surface area contributed by atoms with Crippen LogP contribution in [-0.2, 0) is 0 Å². The Kier molecular flexibility index (Phi) is 5.34. The first-order chi connectivity index (χ1) is 14.4. The summed E-state index contributed by atoms with van der Waals surface area (Å²) in [4.78, 5) is 27.5. The summed E-state index contributed by atoms with van der Waals surface area (Å²) in [5, 5.41) is 18.6. The molecule has 0 aliphatic heterocycles. The molecule has 0 spiro atoms. The minimum absolute atomic E-state index is 0.104. The largest absolute Gasteiger partial charge is 0.457 e. The lowest BCUT2D eigenvalue weighted by Gasteiger charge is -2.09. The molecule has 0 bridgehead atoms. The zero-order chi connectivity index (χ0) is 21.3. The number of nitrogens with zero attached hydrogens (tertiary/aromatic N) is 4. The maximum absolute atomic E-state index is 12.6. The molecule has 30 heavy (non-hydrogen) atoms. The number of hydrogen-bond donors (Lipinski definition) is 1. The van der Waals surface area contributed by atoms with E-state index in [1.54, 1.807) is 36.7 Å². The first kappa shape index (κ1) is 19.8. The van der Waals surface area contributed by atoms with E-state index < -0.39 is 10.8 Å². The number of ether oxygens (including phenoxy) is 1. The lowest BCUT2D eigenvalue weighted by Crippen LogP contribution is -2.13. The third-order valence-electron chi connectivity index (χ3n) is 3.92.